The molecule has 8 nitrogen and oxygen atoms in total. The first-order valence-corrected chi connectivity index (χ1v) is 12.6. The van der Waals surface area contributed by atoms with E-state index < -0.39 is 5.54 Å². The van der Waals surface area contributed by atoms with Gasteiger partial charge in [0.05, 0.1) is 26.3 Å². The number of pyridine rings is 1. The van der Waals surface area contributed by atoms with E-state index in [-0.39, 0.29) is 24.4 Å². The molecule has 2 amide bonds. The monoisotopic (exact) mass is 490 g/mol. The molecule has 3 heterocycles. The summed E-state index contributed by atoms with van der Waals surface area (Å²) >= 11 is 0. The largest absolute Gasteiger partial charge is 0.496 e. The van der Waals surface area contributed by atoms with E-state index in [1.807, 2.05) is 41.8 Å². The molecule has 8 heteroatoms. The fourth-order valence-electron chi connectivity index (χ4n) is 5.73. The number of hydrogen-bond acceptors (Lipinski definition) is 5. The lowest BCUT2D eigenvalue weighted by Crippen LogP contribution is -2.65. The van der Waals surface area contributed by atoms with Crippen LogP contribution >= 0.6 is 0 Å². The van der Waals surface area contributed by atoms with Crippen molar-refractivity contribution in [1.29, 1.82) is 0 Å². The Hall–Kier alpha value is -3.55. The molecule has 5 rings (SSSR count). The number of methoxy groups -OCH3 is 2. The highest BCUT2D eigenvalue weighted by Gasteiger charge is 2.49. The standard InChI is InChI=1S/C28H34N4O4/c1-18-8-5-6-10-21(18)30-27(34)28(2)17-31-22(26(33)32(28)16-19-9-7-13-29-15-19)14-20-23(35-3)11-12-24(36-4)25(20)31/h7,9,11-15,18,21H,5-6,8,10,16-17H2,1-4H3,(H,30,34)/t18-,21-,28+/m0/s1. The van der Waals surface area contributed by atoms with Crippen LogP contribution in [0.25, 0.3) is 10.9 Å². The molecule has 1 N–H and O–H groups in total. The summed E-state index contributed by atoms with van der Waals surface area (Å²) in [6, 6.07) is 9.39. The van der Waals surface area contributed by atoms with Crippen molar-refractivity contribution in [2.24, 2.45) is 5.92 Å². The molecular weight excluding hydrogens is 456 g/mol. The lowest BCUT2D eigenvalue weighted by molar-refractivity contribution is -0.134. The first kappa shape index (κ1) is 24.2. The van der Waals surface area contributed by atoms with Crippen molar-refractivity contribution < 1.29 is 19.1 Å². The molecule has 0 unspecified atom stereocenters. The van der Waals surface area contributed by atoms with Crippen LogP contribution in [-0.4, -0.2) is 52.1 Å². The Morgan fingerprint density at radius 1 is 1.17 bits per heavy atom. The Bertz CT molecular complexity index is 1290. The fourth-order valence-corrected chi connectivity index (χ4v) is 5.73. The summed E-state index contributed by atoms with van der Waals surface area (Å²) in [5, 5.41) is 4.10. The Kier molecular flexibility index (Phi) is 6.36. The topological polar surface area (TPSA) is 85.7 Å². The third-order valence-corrected chi connectivity index (χ3v) is 7.93. The van der Waals surface area contributed by atoms with Gasteiger partial charge in [-0.15, -0.1) is 0 Å². The highest BCUT2D eigenvalue weighted by atomic mass is 16.5. The van der Waals surface area contributed by atoms with Crippen LogP contribution in [0.5, 0.6) is 11.5 Å². The summed E-state index contributed by atoms with van der Waals surface area (Å²) in [7, 11) is 3.22. The van der Waals surface area contributed by atoms with Crippen molar-refractivity contribution in [2.75, 3.05) is 14.2 Å². The third kappa shape index (κ3) is 3.98. The van der Waals surface area contributed by atoms with Crippen molar-refractivity contribution in [3.8, 4) is 11.5 Å². The number of aromatic nitrogens is 2. The van der Waals surface area contributed by atoms with Gasteiger partial charge >= 0.3 is 0 Å². The van der Waals surface area contributed by atoms with Gasteiger partial charge in [0, 0.05) is 30.4 Å². The van der Waals surface area contributed by atoms with E-state index in [0.29, 0.717) is 29.7 Å². The van der Waals surface area contributed by atoms with Gasteiger partial charge in [-0.2, -0.15) is 0 Å². The highest BCUT2D eigenvalue weighted by Crippen LogP contribution is 2.40. The van der Waals surface area contributed by atoms with E-state index in [4.69, 9.17) is 9.47 Å². The molecule has 1 aliphatic heterocycles. The molecule has 0 bridgehead atoms. The predicted octanol–water partition coefficient (Wildman–Crippen LogP) is 4.16. The molecule has 3 atom stereocenters. The Morgan fingerprint density at radius 3 is 2.61 bits per heavy atom. The van der Waals surface area contributed by atoms with E-state index in [1.165, 1.54) is 6.42 Å². The van der Waals surface area contributed by atoms with Gasteiger partial charge in [0.15, 0.2) is 0 Å². The number of nitrogens with zero attached hydrogens (tertiary/aromatic N) is 3. The normalized spacial score (nSPS) is 23.9. The number of ether oxygens (including phenoxy) is 2. The van der Waals surface area contributed by atoms with Gasteiger partial charge in [-0.25, -0.2) is 0 Å². The lowest BCUT2D eigenvalue weighted by atomic mass is 9.85. The van der Waals surface area contributed by atoms with Crippen LogP contribution in [0.3, 0.4) is 0 Å². The molecule has 1 fully saturated rings. The highest BCUT2D eigenvalue weighted by molar-refractivity contribution is 6.05. The van der Waals surface area contributed by atoms with Gasteiger partial charge in [-0.05, 0) is 55.5 Å². The predicted molar refractivity (Wildman–Crippen MR) is 137 cm³/mol. The van der Waals surface area contributed by atoms with Crippen LogP contribution in [-0.2, 0) is 17.9 Å². The fraction of sp³-hybridized carbons (Fsp3) is 0.464. The minimum absolute atomic E-state index is 0.107. The first-order chi connectivity index (χ1) is 17.4. The number of rotatable bonds is 6. The van der Waals surface area contributed by atoms with Crippen LogP contribution in [0.1, 0.15) is 55.6 Å². The number of hydrogen-bond donors (Lipinski definition) is 1. The molecule has 0 spiro atoms. The Labute approximate surface area is 211 Å². The summed E-state index contributed by atoms with van der Waals surface area (Å²) in [6.45, 7) is 4.65. The van der Waals surface area contributed by atoms with Gasteiger partial charge in [0.25, 0.3) is 5.91 Å². The molecule has 2 aromatic heterocycles. The van der Waals surface area contributed by atoms with Crippen molar-refractivity contribution >= 4 is 22.7 Å². The maximum Gasteiger partial charge on any atom is 0.271 e. The quantitative estimate of drug-likeness (QED) is 0.561. The van der Waals surface area contributed by atoms with E-state index in [0.717, 1.165) is 35.7 Å². The van der Waals surface area contributed by atoms with Crippen molar-refractivity contribution in [1.82, 2.24) is 19.8 Å². The molecule has 36 heavy (non-hydrogen) atoms. The van der Waals surface area contributed by atoms with E-state index in [2.05, 4.69) is 17.2 Å². The average Bonchev–Trinajstić information content (AvgIpc) is 3.27. The first-order valence-electron chi connectivity index (χ1n) is 12.6. The maximum atomic E-state index is 14.1. The molecule has 1 saturated carbocycles. The van der Waals surface area contributed by atoms with Gasteiger partial charge in [-0.3, -0.25) is 14.6 Å². The molecule has 3 aromatic rings. The van der Waals surface area contributed by atoms with E-state index in [1.54, 1.807) is 31.5 Å². The Morgan fingerprint density at radius 2 is 1.92 bits per heavy atom. The molecular formula is C28H34N4O4. The van der Waals surface area contributed by atoms with Crippen LogP contribution < -0.4 is 14.8 Å². The van der Waals surface area contributed by atoms with Gasteiger partial charge in [0.1, 0.15) is 22.7 Å². The number of nitrogens with one attached hydrogen (secondary N) is 1. The van der Waals surface area contributed by atoms with Crippen LogP contribution in [0, 0.1) is 5.92 Å². The van der Waals surface area contributed by atoms with Gasteiger partial charge < -0.3 is 24.3 Å². The minimum Gasteiger partial charge on any atom is -0.496 e. The number of carbonyl (C=O) groups excluding carboxylic acids is 2. The van der Waals surface area contributed by atoms with Crippen LogP contribution in [0.2, 0.25) is 0 Å². The second kappa shape index (κ2) is 9.48. The smallest absolute Gasteiger partial charge is 0.271 e. The zero-order valence-electron chi connectivity index (χ0n) is 21.4. The zero-order valence-corrected chi connectivity index (χ0v) is 21.4. The summed E-state index contributed by atoms with van der Waals surface area (Å²) in [5.74, 6) is 1.35. The number of benzene rings is 1. The summed E-state index contributed by atoms with van der Waals surface area (Å²) < 4.78 is 13.2. The maximum absolute atomic E-state index is 14.1. The summed E-state index contributed by atoms with van der Waals surface area (Å²) in [4.78, 5) is 34.0. The van der Waals surface area contributed by atoms with Crippen molar-refractivity contribution in [3.63, 3.8) is 0 Å². The van der Waals surface area contributed by atoms with Gasteiger partial charge in [0.2, 0.25) is 5.91 Å². The Balaban J connectivity index is 1.62. The van der Waals surface area contributed by atoms with Crippen LogP contribution in [0.15, 0.2) is 42.7 Å². The molecule has 1 aromatic carbocycles. The third-order valence-electron chi connectivity index (χ3n) is 7.93. The number of fused-ring (bicyclic) bond motifs is 3. The van der Waals surface area contributed by atoms with Crippen molar-refractivity contribution in [3.05, 3.63) is 54.0 Å². The van der Waals surface area contributed by atoms with E-state index in [9.17, 15) is 9.59 Å². The van der Waals surface area contributed by atoms with E-state index >= 15 is 0 Å². The molecule has 0 saturated heterocycles. The minimum atomic E-state index is -1.11. The van der Waals surface area contributed by atoms with Crippen LogP contribution in [0.4, 0.5) is 0 Å². The van der Waals surface area contributed by atoms with Gasteiger partial charge in [-0.1, -0.05) is 25.8 Å². The second-order valence-corrected chi connectivity index (χ2v) is 10.2. The second-order valence-electron chi connectivity index (χ2n) is 10.2. The van der Waals surface area contributed by atoms with Crippen molar-refractivity contribution in [2.45, 2.75) is 64.2 Å². The average molecular weight is 491 g/mol. The number of amides is 2. The lowest BCUT2D eigenvalue weighted by Gasteiger charge is -2.45. The summed E-state index contributed by atoms with van der Waals surface area (Å²) in [5.41, 5.74) is 1.02. The zero-order chi connectivity index (χ0) is 25.4. The SMILES string of the molecule is COc1ccc(OC)c2c1cc1n2C[C@](C)(C(=O)N[C@H]2CCCC[C@@H]2C)N(Cc2cccnc2)C1=O. The molecule has 0 radical (unpaired) electrons. The molecule has 2 aliphatic rings. The summed E-state index contributed by atoms with van der Waals surface area (Å²) in [6.07, 6.45) is 7.80. The molecule has 190 valence electrons. The number of carbonyl (C=O) groups is 2. The molecule has 1 aliphatic carbocycles.